The fourth-order valence-corrected chi connectivity index (χ4v) is 2.54. The molecule has 108 valence electrons. The molecule has 20 heavy (non-hydrogen) atoms. The number of furan rings is 1. The van der Waals surface area contributed by atoms with Crippen LogP contribution in [-0.2, 0) is 6.42 Å². The van der Waals surface area contributed by atoms with Crippen LogP contribution in [0, 0.1) is 0 Å². The van der Waals surface area contributed by atoms with Crippen molar-refractivity contribution in [2.75, 3.05) is 5.32 Å². The number of thioether (sulfide) groups is 1. The van der Waals surface area contributed by atoms with Crippen molar-refractivity contribution in [2.24, 2.45) is 0 Å². The lowest BCUT2D eigenvalue weighted by Crippen LogP contribution is -2.16. The fourth-order valence-electron chi connectivity index (χ4n) is 1.94. The van der Waals surface area contributed by atoms with Crippen LogP contribution >= 0.6 is 11.8 Å². The lowest BCUT2D eigenvalue weighted by molar-refractivity contribution is 0.252. The van der Waals surface area contributed by atoms with Gasteiger partial charge >= 0.3 is 0 Å². The Morgan fingerprint density at radius 1 is 1.20 bits per heavy atom. The largest absolute Gasteiger partial charge is 0.469 e. The maximum Gasteiger partial charge on any atom is 0.288 e. The molecule has 0 spiro atoms. The molecule has 0 bridgehead atoms. The number of rotatable bonds is 7. The summed E-state index contributed by atoms with van der Waals surface area (Å²) in [5.41, 5.74) is 0.754. The monoisotopic (exact) mass is 297 g/mol. The van der Waals surface area contributed by atoms with E-state index in [0.717, 1.165) is 24.3 Å². The average Bonchev–Trinajstić information content (AvgIpc) is 2.91. The van der Waals surface area contributed by atoms with Gasteiger partial charge in [-0.2, -0.15) is 8.78 Å². The highest BCUT2D eigenvalue weighted by Crippen LogP contribution is 2.32. The molecular formula is C15H17F2NOS. The summed E-state index contributed by atoms with van der Waals surface area (Å²) >= 11 is 0.569. The van der Waals surface area contributed by atoms with Crippen LogP contribution in [0.4, 0.5) is 14.5 Å². The van der Waals surface area contributed by atoms with E-state index in [0.29, 0.717) is 16.7 Å². The number of hydrogen-bond donors (Lipinski definition) is 1. The van der Waals surface area contributed by atoms with Crippen molar-refractivity contribution >= 4 is 17.4 Å². The van der Waals surface area contributed by atoms with Gasteiger partial charge in [-0.1, -0.05) is 23.9 Å². The number of nitrogens with one attached hydrogen (secondary N) is 1. The molecule has 0 aliphatic heterocycles. The number of hydrogen-bond acceptors (Lipinski definition) is 3. The maximum absolute atomic E-state index is 12.5. The highest BCUT2D eigenvalue weighted by molar-refractivity contribution is 7.99. The van der Waals surface area contributed by atoms with Gasteiger partial charge in [-0.15, -0.1) is 0 Å². The van der Waals surface area contributed by atoms with E-state index in [-0.39, 0.29) is 6.04 Å². The van der Waals surface area contributed by atoms with Crippen molar-refractivity contribution in [1.82, 2.24) is 0 Å². The molecule has 0 aliphatic carbocycles. The van der Waals surface area contributed by atoms with E-state index in [1.165, 1.54) is 0 Å². The Balaban J connectivity index is 1.91. The molecule has 0 radical (unpaired) electrons. The van der Waals surface area contributed by atoms with Gasteiger partial charge in [0, 0.05) is 23.0 Å². The minimum atomic E-state index is -2.41. The number of para-hydroxylation sites is 1. The Hall–Kier alpha value is -1.49. The number of aryl methyl sites for hydroxylation is 1. The first-order chi connectivity index (χ1) is 9.65. The topological polar surface area (TPSA) is 25.2 Å². The van der Waals surface area contributed by atoms with Crippen molar-refractivity contribution in [1.29, 1.82) is 0 Å². The van der Waals surface area contributed by atoms with Crippen LogP contribution in [0.25, 0.3) is 0 Å². The second kappa shape index (κ2) is 7.33. The van der Waals surface area contributed by atoms with Gasteiger partial charge in [0.25, 0.3) is 5.76 Å². The van der Waals surface area contributed by atoms with Gasteiger partial charge in [0.2, 0.25) is 0 Å². The lowest BCUT2D eigenvalue weighted by Gasteiger charge is -2.17. The molecule has 1 aromatic heterocycles. The van der Waals surface area contributed by atoms with Crippen LogP contribution in [-0.4, -0.2) is 11.8 Å². The van der Waals surface area contributed by atoms with E-state index in [4.69, 9.17) is 4.42 Å². The number of anilines is 1. The third-order valence-corrected chi connectivity index (χ3v) is 3.70. The van der Waals surface area contributed by atoms with E-state index in [1.54, 1.807) is 18.4 Å². The molecule has 0 fully saturated rings. The van der Waals surface area contributed by atoms with Gasteiger partial charge in [-0.05, 0) is 37.6 Å². The van der Waals surface area contributed by atoms with Gasteiger partial charge in [0.15, 0.2) is 0 Å². The van der Waals surface area contributed by atoms with E-state index in [9.17, 15) is 8.78 Å². The molecular weight excluding hydrogens is 280 g/mol. The summed E-state index contributed by atoms with van der Waals surface area (Å²) < 4.78 is 30.3. The van der Waals surface area contributed by atoms with Crippen LogP contribution in [0.15, 0.2) is 52.0 Å². The zero-order valence-electron chi connectivity index (χ0n) is 11.2. The van der Waals surface area contributed by atoms with Gasteiger partial charge in [0.1, 0.15) is 5.76 Å². The molecule has 0 amide bonds. The van der Waals surface area contributed by atoms with Crippen molar-refractivity contribution in [2.45, 2.75) is 36.5 Å². The first-order valence-electron chi connectivity index (χ1n) is 6.48. The van der Waals surface area contributed by atoms with Crippen LogP contribution in [0.2, 0.25) is 0 Å². The molecule has 2 rings (SSSR count). The Kier molecular flexibility index (Phi) is 5.47. The van der Waals surface area contributed by atoms with Crippen molar-refractivity contribution < 1.29 is 13.2 Å². The lowest BCUT2D eigenvalue weighted by atomic mass is 10.1. The van der Waals surface area contributed by atoms with E-state index >= 15 is 0 Å². The molecule has 2 nitrogen and oxygen atoms in total. The number of alkyl halides is 2. The van der Waals surface area contributed by atoms with E-state index in [1.807, 2.05) is 31.2 Å². The summed E-state index contributed by atoms with van der Waals surface area (Å²) in [5, 5.41) is 3.28. The molecule has 2 aromatic rings. The molecule has 1 unspecified atom stereocenters. The summed E-state index contributed by atoms with van der Waals surface area (Å²) in [6, 6.07) is 11.1. The Morgan fingerprint density at radius 3 is 2.70 bits per heavy atom. The zero-order chi connectivity index (χ0) is 14.4. The Bertz CT molecular complexity index is 516. The highest BCUT2D eigenvalue weighted by Gasteiger charge is 2.11. The van der Waals surface area contributed by atoms with Crippen LogP contribution in [0.5, 0.6) is 0 Å². The van der Waals surface area contributed by atoms with Crippen molar-refractivity contribution in [3.63, 3.8) is 0 Å². The molecule has 1 aromatic carbocycles. The standard InChI is InChI=1S/C15H17F2NOS/c1-11(8-9-12-5-4-10-19-12)18-13-6-2-3-7-14(13)20-15(16)17/h2-7,10-11,15,18H,8-9H2,1H3. The van der Waals surface area contributed by atoms with E-state index in [2.05, 4.69) is 5.32 Å². The molecule has 0 saturated carbocycles. The second-order valence-electron chi connectivity index (χ2n) is 4.54. The predicted molar refractivity (Wildman–Crippen MR) is 78.4 cm³/mol. The molecule has 1 heterocycles. The fraction of sp³-hybridized carbons (Fsp3) is 0.333. The van der Waals surface area contributed by atoms with Crippen LogP contribution in [0.1, 0.15) is 19.1 Å². The zero-order valence-corrected chi connectivity index (χ0v) is 12.0. The summed E-state index contributed by atoms with van der Waals surface area (Å²) in [5.74, 6) is -1.47. The van der Waals surface area contributed by atoms with Gasteiger partial charge in [-0.25, -0.2) is 0 Å². The Morgan fingerprint density at radius 2 is 2.00 bits per heavy atom. The quantitative estimate of drug-likeness (QED) is 0.726. The molecule has 1 N–H and O–H groups in total. The SMILES string of the molecule is CC(CCc1ccco1)Nc1ccccc1SC(F)F. The second-order valence-corrected chi connectivity index (χ2v) is 5.57. The predicted octanol–water partition coefficient (Wildman–Crippen LogP) is 5.03. The number of benzene rings is 1. The van der Waals surface area contributed by atoms with Crippen LogP contribution < -0.4 is 5.32 Å². The highest BCUT2D eigenvalue weighted by atomic mass is 32.2. The number of halogens is 2. The summed E-state index contributed by atoms with van der Waals surface area (Å²) in [6.45, 7) is 2.03. The van der Waals surface area contributed by atoms with E-state index < -0.39 is 5.76 Å². The molecule has 0 aliphatic rings. The van der Waals surface area contributed by atoms with Gasteiger partial charge in [-0.3, -0.25) is 0 Å². The first-order valence-corrected chi connectivity index (χ1v) is 7.36. The smallest absolute Gasteiger partial charge is 0.288 e. The minimum Gasteiger partial charge on any atom is -0.469 e. The first kappa shape index (κ1) is 14.9. The third-order valence-electron chi connectivity index (χ3n) is 2.91. The normalized spacial score (nSPS) is 12.6. The minimum absolute atomic E-state index is 0.180. The average molecular weight is 297 g/mol. The summed E-state index contributed by atoms with van der Waals surface area (Å²) in [4.78, 5) is 0.576. The maximum atomic E-state index is 12.5. The Labute approximate surface area is 121 Å². The van der Waals surface area contributed by atoms with Crippen molar-refractivity contribution in [3.8, 4) is 0 Å². The van der Waals surface area contributed by atoms with Crippen LogP contribution in [0.3, 0.4) is 0 Å². The van der Waals surface area contributed by atoms with Gasteiger partial charge < -0.3 is 9.73 Å². The molecule has 5 heteroatoms. The molecule has 1 atom stereocenters. The van der Waals surface area contributed by atoms with Gasteiger partial charge in [0.05, 0.1) is 6.26 Å². The molecule has 0 saturated heterocycles. The summed E-state index contributed by atoms with van der Waals surface area (Å²) in [7, 11) is 0. The summed E-state index contributed by atoms with van der Waals surface area (Å²) in [6.07, 6.45) is 3.36. The van der Waals surface area contributed by atoms with Crippen molar-refractivity contribution in [3.05, 3.63) is 48.4 Å². The third kappa shape index (κ3) is 4.56.